The van der Waals surface area contributed by atoms with Crippen LogP contribution in [0.2, 0.25) is 0 Å². The van der Waals surface area contributed by atoms with Crippen LogP contribution in [-0.4, -0.2) is 22.1 Å². The number of nitrogens with zero attached hydrogens (tertiary/aromatic N) is 1. The fourth-order valence-corrected chi connectivity index (χ4v) is 3.00. The summed E-state index contributed by atoms with van der Waals surface area (Å²) in [6.07, 6.45) is 4.35. The highest BCUT2D eigenvalue weighted by Crippen LogP contribution is 2.35. The van der Waals surface area contributed by atoms with Crippen LogP contribution in [0, 0.1) is 5.41 Å². The number of aromatic nitrogens is 2. The first-order valence-corrected chi connectivity index (χ1v) is 7.49. The third-order valence-electron chi connectivity index (χ3n) is 4.48. The Morgan fingerprint density at radius 2 is 2.10 bits per heavy atom. The Morgan fingerprint density at radius 1 is 1.38 bits per heavy atom. The van der Waals surface area contributed by atoms with E-state index in [9.17, 15) is 4.79 Å². The molecule has 1 aliphatic carbocycles. The largest absolute Gasteiger partial charge is 0.399 e. The van der Waals surface area contributed by atoms with Gasteiger partial charge in [0.2, 0.25) is 0 Å². The predicted molar refractivity (Wildman–Crippen MR) is 84.0 cm³/mol. The fourth-order valence-electron chi connectivity index (χ4n) is 3.00. The summed E-state index contributed by atoms with van der Waals surface area (Å²) >= 11 is 0. The molecule has 3 rings (SSSR count). The second-order valence-corrected chi connectivity index (χ2v) is 6.79. The summed E-state index contributed by atoms with van der Waals surface area (Å²) in [7, 11) is 0. The maximum absolute atomic E-state index is 12.4. The molecule has 5 nitrogen and oxygen atoms in total. The van der Waals surface area contributed by atoms with Crippen molar-refractivity contribution < 1.29 is 4.79 Å². The number of rotatable bonds is 2. The number of carbonyl (C=O) groups is 1. The topological polar surface area (TPSA) is 83.8 Å². The van der Waals surface area contributed by atoms with E-state index in [0.29, 0.717) is 16.8 Å². The van der Waals surface area contributed by atoms with Gasteiger partial charge >= 0.3 is 0 Å². The van der Waals surface area contributed by atoms with Crippen molar-refractivity contribution in [2.24, 2.45) is 5.41 Å². The normalized spacial score (nSPS) is 18.8. The van der Waals surface area contributed by atoms with Gasteiger partial charge in [-0.3, -0.25) is 9.89 Å². The molecule has 0 saturated heterocycles. The Labute approximate surface area is 124 Å². The number of nitrogens with one attached hydrogen (secondary N) is 2. The van der Waals surface area contributed by atoms with E-state index < -0.39 is 0 Å². The first-order chi connectivity index (χ1) is 9.94. The van der Waals surface area contributed by atoms with Crippen LogP contribution in [0.15, 0.2) is 18.2 Å². The number of aromatic amines is 1. The van der Waals surface area contributed by atoms with Gasteiger partial charge in [-0.15, -0.1) is 0 Å². The van der Waals surface area contributed by atoms with Gasteiger partial charge in [0, 0.05) is 17.1 Å². The van der Waals surface area contributed by atoms with Gasteiger partial charge in [0.15, 0.2) is 5.69 Å². The summed E-state index contributed by atoms with van der Waals surface area (Å²) in [5, 5.41) is 10.9. The third-order valence-corrected chi connectivity index (χ3v) is 4.48. The Kier molecular flexibility index (Phi) is 3.35. The van der Waals surface area contributed by atoms with Crippen LogP contribution in [0.1, 0.15) is 50.0 Å². The summed E-state index contributed by atoms with van der Waals surface area (Å²) in [5.41, 5.74) is 8.09. The molecule has 1 saturated carbocycles. The van der Waals surface area contributed by atoms with Crippen LogP contribution >= 0.6 is 0 Å². The summed E-state index contributed by atoms with van der Waals surface area (Å²) in [6.45, 7) is 4.57. The first kappa shape index (κ1) is 13.9. The summed E-state index contributed by atoms with van der Waals surface area (Å²) in [5.74, 6) is -0.114. The van der Waals surface area contributed by atoms with Gasteiger partial charge in [-0.2, -0.15) is 5.10 Å². The Balaban J connectivity index is 1.74. The highest BCUT2D eigenvalue weighted by Gasteiger charge is 2.28. The molecule has 0 unspecified atom stereocenters. The van der Waals surface area contributed by atoms with Crippen molar-refractivity contribution in [2.75, 3.05) is 5.73 Å². The van der Waals surface area contributed by atoms with Gasteiger partial charge in [-0.25, -0.2) is 0 Å². The second-order valence-electron chi connectivity index (χ2n) is 6.79. The van der Waals surface area contributed by atoms with Gasteiger partial charge < -0.3 is 11.1 Å². The maximum atomic E-state index is 12.4. The van der Waals surface area contributed by atoms with E-state index in [1.807, 2.05) is 6.07 Å². The molecule has 0 radical (unpaired) electrons. The summed E-state index contributed by atoms with van der Waals surface area (Å²) < 4.78 is 0. The lowest BCUT2D eigenvalue weighted by atomic mass is 9.75. The van der Waals surface area contributed by atoms with Gasteiger partial charge in [0.1, 0.15) is 0 Å². The monoisotopic (exact) mass is 286 g/mol. The fraction of sp³-hybridized carbons (Fsp3) is 0.500. The number of anilines is 1. The average Bonchev–Trinajstić information content (AvgIpc) is 2.84. The zero-order valence-corrected chi connectivity index (χ0v) is 12.6. The van der Waals surface area contributed by atoms with Crippen molar-refractivity contribution in [3.05, 3.63) is 23.9 Å². The number of nitrogen functional groups attached to an aromatic ring is 1. The molecular formula is C16H22N4O. The zero-order chi connectivity index (χ0) is 15.0. The van der Waals surface area contributed by atoms with Gasteiger partial charge in [0.05, 0.1) is 5.52 Å². The molecule has 1 heterocycles. The highest BCUT2D eigenvalue weighted by atomic mass is 16.2. The third kappa shape index (κ3) is 2.86. The van der Waals surface area contributed by atoms with Crippen LogP contribution in [-0.2, 0) is 0 Å². The summed E-state index contributed by atoms with van der Waals surface area (Å²) in [6, 6.07) is 5.68. The SMILES string of the molecule is CC1(C)CCC(NC(=O)c2n[nH]c3ccc(N)cc23)CC1. The Morgan fingerprint density at radius 3 is 2.81 bits per heavy atom. The van der Waals surface area contributed by atoms with E-state index in [1.54, 1.807) is 12.1 Å². The minimum absolute atomic E-state index is 0.114. The van der Waals surface area contributed by atoms with Crippen LogP contribution < -0.4 is 11.1 Å². The molecule has 1 aliphatic rings. The lowest BCUT2D eigenvalue weighted by molar-refractivity contribution is 0.0905. The molecule has 1 aromatic carbocycles. The molecule has 0 spiro atoms. The molecule has 0 aliphatic heterocycles. The molecular weight excluding hydrogens is 264 g/mol. The lowest BCUT2D eigenvalue weighted by Crippen LogP contribution is -2.39. The first-order valence-electron chi connectivity index (χ1n) is 7.49. The second kappa shape index (κ2) is 5.06. The zero-order valence-electron chi connectivity index (χ0n) is 12.6. The van der Waals surface area contributed by atoms with Gasteiger partial charge in [-0.1, -0.05) is 13.8 Å². The average molecular weight is 286 g/mol. The minimum Gasteiger partial charge on any atom is -0.399 e. The van der Waals surface area contributed by atoms with Crippen molar-refractivity contribution >= 4 is 22.5 Å². The van der Waals surface area contributed by atoms with Crippen molar-refractivity contribution in [3.63, 3.8) is 0 Å². The number of H-pyrrole nitrogens is 1. The lowest BCUT2D eigenvalue weighted by Gasteiger charge is -2.34. The minimum atomic E-state index is -0.114. The molecule has 1 amide bonds. The van der Waals surface area contributed by atoms with Crippen molar-refractivity contribution in [3.8, 4) is 0 Å². The molecule has 1 fully saturated rings. The Bertz CT molecular complexity index is 664. The smallest absolute Gasteiger partial charge is 0.272 e. The van der Waals surface area contributed by atoms with E-state index in [0.717, 1.165) is 36.6 Å². The standard InChI is InChI=1S/C16H22N4O/c1-16(2)7-5-11(6-8-16)18-15(21)14-12-9-10(17)3-4-13(12)19-20-14/h3-4,9,11H,5-8,17H2,1-2H3,(H,18,21)(H,19,20). The van der Waals surface area contributed by atoms with Crippen molar-refractivity contribution in [1.29, 1.82) is 0 Å². The maximum Gasteiger partial charge on any atom is 0.272 e. The van der Waals surface area contributed by atoms with Gasteiger partial charge in [-0.05, 0) is 49.3 Å². The summed E-state index contributed by atoms with van der Waals surface area (Å²) in [4.78, 5) is 12.4. The van der Waals surface area contributed by atoms with Crippen LogP contribution in [0.3, 0.4) is 0 Å². The van der Waals surface area contributed by atoms with Crippen LogP contribution in [0.25, 0.3) is 10.9 Å². The number of nitrogens with two attached hydrogens (primary N) is 1. The quantitative estimate of drug-likeness (QED) is 0.742. The molecule has 21 heavy (non-hydrogen) atoms. The van der Waals surface area contributed by atoms with E-state index in [1.165, 1.54) is 0 Å². The number of fused-ring (bicyclic) bond motifs is 1. The number of hydrogen-bond acceptors (Lipinski definition) is 3. The number of hydrogen-bond donors (Lipinski definition) is 3. The van der Waals surface area contributed by atoms with E-state index >= 15 is 0 Å². The van der Waals surface area contributed by atoms with E-state index in [-0.39, 0.29) is 11.9 Å². The molecule has 1 aromatic heterocycles. The molecule has 0 bridgehead atoms. The molecule has 2 aromatic rings. The van der Waals surface area contributed by atoms with E-state index in [2.05, 4.69) is 29.4 Å². The van der Waals surface area contributed by atoms with E-state index in [4.69, 9.17) is 5.73 Å². The van der Waals surface area contributed by atoms with Gasteiger partial charge in [0.25, 0.3) is 5.91 Å². The number of amides is 1. The van der Waals surface area contributed by atoms with Crippen LogP contribution in [0.5, 0.6) is 0 Å². The van der Waals surface area contributed by atoms with Crippen molar-refractivity contribution in [2.45, 2.75) is 45.6 Å². The highest BCUT2D eigenvalue weighted by molar-refractivity contribution is 6.05. The van der Waals surface area contributed by atoms with Crippen molar-refractivity contribution in [1.82, 2.24) is 15.5 Å². The molecule has 5 heteroatoms. The molecule has 4 N–H and O–H groups in total. The Hall–Kier alpha value is -2.04. The number of carbonyl (C=O) groups excluding carboxylic acids is 1. The number of benzene rings is 1. The predicted octanol–water partition coefficient (Wildman–Crippen LogP) is 2.84. The molecule has 0 atom stereocenters. The molecule has 112 valence electrons. The van der Waals surface area contributed by atoms with Crippen LogP contribution in [0.4, 0.5) is 5.69 Å².